The molecule has 1 aliphatic carbocycles. The van der Waals surface area contributed by atoms with Gasteiger partial charge in [0.05, 0.1) is 34.6 Å². The van der Waals surface area contributed by atoms with Gasteiger partial charge in [-0.25, -0.2) is 4.99 Å². The Morgan fingerprint density at radius 1 is 0.976 bits per heavy atom. The van der Waals surface area contributed by atoms with Gasteiger partial charge in [0.1, 0.15) is 5.75 Å². The molecule has 5 nitrogen and oxygen atoms in total. The Morgan fingerprint density at radius 2 is 1.83 bits per heavy atom. The van der Waals surface area contributed by atoms with Gasteiger partial charge in [-0.1, -0.05) is 84.1 Å². The van der Waals surface area contributed by atoms with E-state index in [1.165, 1.54) is 32.9 Å². The Kier molecular flexibility index (Phi) is 5.69. The van der Waals surface area contributed by atoms with Gasteiger partial charge in [0.15, 0.2) is 4.80 Å². The molecule has 6 aromatic rings. The maximum Gasteiger partial charge on any atom is 0.271 e. The van der Waals surface area contributed by atoms with Gasteiger partial charge < -0.3 is 9.72 Å². The fraction of sp³-hybridized carbons (Fsp3) is 0.118. The Hall–Kier alpha value is -4.46. The van der Waals surface area contributed by atoms with Gasteiger partial charge in [-0.15, -0.1) is 11.3 Å². The molecule has 0 unspecified atom stereocenters. The number of H-pyrrole nitrogens is 1. The lowest BCUT2D eigenvalue weighted by molar-refractivity contribution is 0.419. The summed E-state index contributed by atoms with van der Waals surface area (Å²) in [5.74, 6) is 0.768. The second-order valence-corrected chi connectivity index (χ2v) is 12.3. The summed E-state index contributed by atoms with van der Waals surface area (Å²) in [6.45, 7) is 0. The molecule has 3 aromatic heterocycles. The first-order chi connectivity index (χ1) is 20.2. The number of rotatable bonds is 4. The van der Waals surface area contributed by atoms with E-state index in [0.29, 0.717) is 4.53 Å². The fourth-order valence-corrected chi connectivity index (χ4v) is 8.04. The molecule has 0 bridgehead atoms. The lowest BCUT2D eigenvalue weighted by atomic mass is 9.85. The number of benzene rings is 3. The minimum Gasteiger partial charge on any atom is -0.495 e. The van der Waals surface area contributed by atoms with Gasteiger partial charge in [-0.2, -0.15) is 0 Å². The summed E-state index contributed by atoms with van der Waals surface area (Å²) in [6.07, 6.45) is 3.88. The first-order valence-electron chi connectivity index (χ1n) is 13.6. The number of aromatic amines is 1. The number of aromatic nitrogens is 2. The minimum absolute atomic E-state index is 0.00573. The van der Waals surface area contributed by atoms with E-state index in [1.54, 1.807) is 18.4 Å². The number of allylic oxidation sites excluding steroid dienone is 1. The summed E-state index contributed by atoms with van der Waals surface area (Å²) < 4.78 is 8.27. The van der Waals surface area contributed by atoms with Crippen LogP contribution in [0.5, 0.6) is 5.75 Å². The molecule has 4 heterocycles. The topological polar surface area (TPSA) is 59.4 Å². The van der Waals surface area contributed by atoms with Crippen LogP contribution in [0.3, 0.4) is 0 Å². The smallest absolute Gasteiger partial charge is 0.271 e. The number of thiophene rings is 1. The largest absolute Gasteiger partial charge is 0.495 e. The Labute approximate surface area is 244 Å². The number of ether oxygens (including phenoxy) is 1. The highest BCUT2D eigenvalue weighted by Gasteiger charge is 2.33. The van der Waals surface area contributed by atoms with Crippen LogP contribution < -0.4 is 19.6 Å². The van der Waals surface area contributed by atoms with Crippen molar-refractivity contribution in [3.63, 3.8) is 0 Å². The van der Waals surface area contributed by atoms with Crippen LogP contribution >= 0.6 is 22.7 Å². The van der Waals surface area contributed by atoms with Crippen LogP contribution in [0, 0.1) is 0 Å². The normalized spacial score (nSPS) is 16.3. The SMILES string of the molecule is COc1cccc2c(/C=c3/sc4n(c3=O)[C@H](c3cccs3)C3=C(N=4)c4ccccc4CC3)c(-c3ccccc3)[nH]c12. The molecule has 7 heteroatoms. The van der Waals surface area contributed by atoms with Crippen LogP contribution in [0.2, 0.25) is 0 Å². The van der Waals surface area contributed by atoms with Gasteiger partial charge >= 0.3 is 0 Å². The highest BCUT2D eigenvalue weighted by atomic mass is 32.1. The van der Waals surface area contributed by atoms with E-state index in [0.717, 1.165) is 56.8 Å². The summed E-state index contributed by atoms with van der Waals surface area (Å²) in [5, 5.41) is 3.10. The molecular formula is C34H25N3O2S2. The summed E-state index contributed by atoms with van der Waals surface area (Å²) in [4.78, 5) is 25.0. The number of aryl methyl sites for hydroxylation is 1. The van der Waals surface area contributed by atoms with E-state index in [2.05, 4.69) is 65.0 Å². The van der Waals surface area contributed by atoms with Crippen molar-refractivity contribution in [3.8, 4) is 17.0 Å². The fourth-order valence-electron chi connectivity index (χ4n) is 6.21. The van der Waals surface area contributed by atoms with Crippen molar-refractivity contribution >= 4 is 45.3 Å². The monoisotopic (exact) mass is 571 g/mol. The number of hydrogen-bond donors (Lipinski definition) is 1. The molecule has 1 atom stereocenters. The second-order valence-electron chi connectivity index (χ2n) is 10.3. The predicted molar refractivity (Wildman–Crippen MR) is 167 cm³/mol. The molecule has 1 N–H and O–H groups in total. The Bertz CT molecular complexity index is 2170. The molecule has 8 rings (SSSR count). The molecule has 3 aromatic carbocycles. The van der Waals surface area contributed by atoms with Gasteiger partial charge in [-0.3, -0.25) is 9.36 Å². The molecule has 2 aliphatic rings. The van der Waals surface area contributed by atoms with Crippen molar-refractivity contribution in [2.24, 2.45) is 4.99 Å². The van der Waals surface area contributed by atoms with Crippen molar-refractivity contribution in [1.29, 1.82) is 0 Å². The summed E-state index contributed by atoms with van der Waals surface area (Å²) >= 11 is 3.17. The molecule has 0 fully saturated rings. The van der Waals surface area contributed by atoms with Gasteiger partial charge in [0, 0.05) is 21.4 Å². The Morgan fingerprint density at radius 3 is 2.66 bits per heavy atom. The second kappa shape index (κ2) is 9.58. The standard InChI is InChI=1S/C34H25N3O2S2/c1-39-26-14-7-13-23-25(29(35-31(23)26)21-10-3-2-4-11-21)19-28-33(38)37-32(27-15-8-18-40-27)24-17-16-20-9-5-6-12-22(20)30(24)36-34(37)41-28/h2-15,18-19,32,35H,16-17H2,1H3/b28-19+/t32-/m0/s1. The maximum atomic E-state index is 14.3. The number of nitrogens with zero attached hydrogens (tertiary/aromatic N) is 2. The first-order valence-corrected chi connectivity index (χ1v) is 15.3. The quantitative estimate of drug-likeness (QED) is 0.261. The van der Waals surface area contributed by atoms with Crippen LogP contribution in [-0.2, 0) is 6.42 Å². The Balaban J connectivity index is 1.41. The molecular weight excluding hydrogens is 547 g/mol. The van der Waals surface area contributed by atoms with E-state index >= 15 is 0 Å². The van der Waals surface area contributed by atoms with Crippen molar-refractivity contribution in [1.82, 2.24) is 9.55 Å². The zero-order valence-corrected chi connectivity index (χ0v) is 23.9. The van der Waals surface area contributed by atoms with Crippen LogP contribution in [0.4, 0.5) is 0 Å². The number of thiazole rings is 1. The van der Waals surface area contributed by atoms with E-state index in [9.17, 15) is 4.79 Å². The van der Waals surface area contributed by atoms with Crippen molar-refractivity contribution in [3.05, 3.63) is 137 Å². The molecule has 0 spiro atoms. The lowest BCUT2D eigenvalue weighted by Crippen LogP contribution is -2.38. The van der Waals surface area contributed by atoms with E-state index < -0.39 is 0 Å². The van der Waals surface area contributed by atoms with E-state index in [1.807, 2.05) is 41.0 Å². The lowest BCUT2D eigenvalue weighted by Gasteiger charge is -2.30. The molecule has 0 saturated heterocycles. The molecule has 200 valence electrons. The van der Waals surface area contributed by atoms with Crippen LogP contribution in [-0.4, -0.2) is 16.7 Å². The number of nitrogens with one attached hydrogen (secondary N) is 1. The van der Waals surface area contributed by atoms with Crippen molar-refractivity contribution in [2.75, 3.05) is 7.11 Å². The number of hydrogen-bond acceptors (Lipinski definition) is 5. The molecule has 1 aliphatic heterocycles. The number of para-hydroxylation sites is 1. The van der Waals surface area contributed by atoms with E-state index in [4.69, 9.17) is 9.73 Å². The van der Waals surface area contributed by atoms with Crippen LogP contribution in [0.15, 0.2) is 106 Å². The minimum atomic E-state index is -0.145. The van der Waals surface area contributed by atoms with Gasteiger partial charge in [-0.05, 0) is 53.1 Å². The van der Waals surface area contributed by atoms with Gasteiger partial charge in [0.2, 0.25) is 0 Å². The van der Waals surface area contributed by atoms with Crippen molar-refractivity contribution in [2.45, 2.75) is 18.9 Å². The summed E-state index contributed by atoms with van der Waals surface area (Å²) in [6, 6.07) is 28.8. The van der Waals surface area contributed by atoms with Crippen LogP contribution in [0.1, 0.15) is 34.0 Å². The highest BCUT2D eigenvalue weighted by molar-refractivity contribution is 7.10. The molecule has 0 saturated carbocycles. The molecule has 0 amide bonds. The van der Waals surface area contributed by atoms with E-state index in [-0.39, 0.29) is 11.6 Å². The number of methoxy groups -OCH3 is 1. The predicted octanol–water partition coefficient (Wildman–Crippen LogP) is 6.54. The highest BCUT2D eigenvalue weighted by Crippen LogP contribution is 2.42. The molecule has 41 heavy (non-hydrogen) atoms. The zero-order chi connectivity index (χ0) is 27.5. The maximum absolute atomic E-state index is 14.3. The zero-order valence-electron chi connectivity index (χ0n) is 22.3. The third-order valence-electron chi connectivity index (χ3n) is 8.08. The summed E-state index contributed by atoms with van der Waals surface area (Å²) in [5.41, 5.74) is 8.64. The number of fused-ring (bicyclic) bond motifs is 4. The van der Waals surface area contributed by atoms with Crippen molar-refractivity contribution < 1.29 is 4.74 Å². The van der Waals surface area contributed by atoms with Crippen LogP contribution in [0.25, 0.3) is 33.9 Å². The molecule has 0 radical (unpaired) electrons. The summed E-state index contributed by atoms with van der Waals surface area (Å²) in [7, 11) is 1.68. The average Bonchev–Trinajstić information content (AvgIpc) is 3.75. The third-order valence-corrected chi connectivity index (χ3v) is 9.99. The first kappa shape index (κ1) is 24.3. The van der Waals surface area contributed by atoms with Gasteiger partial charge in [0.25, 0.3) is 5.56 Å². The third kappa shape index (κ3) is 3.80. The average molecular weight is 572 g/mol.